The first-order valence-electron chi connectivity index (χ1n) is 7.34. The molecule has 0 radical (unpaired) electrons. The van der Waals surface area contributed by atoms with Crippen molar-refractivity contribution in [2.45, 2.75) is 52.1 Å². The van der Waals surface area contributed by atoms with E-state index in [9.17, 15) is 0 Å². The van der Waals surface area contributed by atoms with E-state index in [1.54, 1.807) is 11.1 Å². The molecule has 0 fully saturated rings. The van der Waals surface area contributed by atoms with Gasteiger partial charge in [0.2, 0.25) is 0 Å². The van der Waals surface area contributed by atoms with Gasteiger partial charge in [-0.2, -0.15) is 11.8 Å². The van der Waals surface area contributed by atoms with Crippen molar-refractivity contribution in [1.29, 1.82) is 0 Å². The van der Waals surface area contributed by atoms with Crippen LogP contribution >= 0.6 is 11.8 Å². The highest BCUT2D eigenvalue weighted by molar-refractivity contribution is 7.99. The molecule has 102 valence electrons. The van der Waals surface area contributed by atoms with Crippen molar-refractivity contribution in [3.05, 3.63) is 23.5 Å². The molecule has 1 heterocycles. The first-order chi connectivity index (χ1) is 8.85. The number of hydrogen-bond donors (Lipinski definition) is 1. The Morgan fingerprint density at radius 1 is 1.39 bits per heavy atom. The molecule has 0 spiro atoms. The van der Waals surface area contributed by atoms with Gasteiger partial charge in [0.05, 0.1) is 0 Å². The van der Waals surface area contributed by atoms with Gasteiger partial charge in [-0.25, -0.2) is 0 Å². The van der Waals surface area contributed by atoms with Gasteiger partial charge in [-0.3, -0.25) is 0 Å². The van der Waals surface area contributed by atoms with Crippen LogP contribution in [0.4, 0.5) is 0 Å². The summed E-state index contributed by atoms with van der Waals surface area (Å²) in [7, 11) is 0. The summed E-state index contributed by atoms with van der Waals surface area (Å²) in [5.41, 5.74) is 3.15. The predicted octanol–water partition coefficient (Wildman–Crippen LogP) is 3.62. The van der Waals surface area contributed by atoms with Crippen LogP contribution in [0.15, 0.2) is 12.4 Å². The van der Waals surface area contributed by atoms with Crippen LogP contribution in [0.1, 0.15) is 50.3 Å². The number of aryl methyl sites for hydroxylation is 2. The van der Waals surface area contributed by atoms with Crippen LogP contribution in [-0.4, -0.2) is 22.6 Å². The second-order valence-electron chi connectivity index (χ2n) is 5.07. The maximum absolute atomic E-state index is 3.69. The highest BCUT2D eigenvalue weighted by Crippen LogP contribution is 2.30. The minimum Gasteiger partial charge on any atom is -0.353 e. The SMILES string of the molecule is CCCNC1CCCc2cn(CCSCC)cc21. The lowest BCUT2D eigenvalue weighted by atomic mass is 9.91. The number of nitrogens with one attached hydrogen (secondary N) is 1. The van der Waals surface area contributed by atoms with Crippen LogP contribution in [-0.2, 0) is 13.0 Å². The minimum atomic E-state index is 0.605. The van der Waals surface area contributed by atoms with Gasteiger partial charge >= 0.3 is 0 Å². The Morgan fingerprint density at radius 3 is 3.06 bits per heavy atom. The molecule has 1 unspecified atom stereocenters. The molecule has 1 aromatic heterocycles. The molecule has 18 heavy (non-hydrogen) atoms. The molecular formula is C15H26N2S. The minimum absolute atomic E-state index is 0.605. The fraction of sp³-hybridized carbons (Fsp3) is 0.733. The summed E-state index contributed by atoms with van der Waals surface area (Å²) in [5, 5.41) is 3.69. The Kier molecular flexibility index (Phi) is 5.64. The summed E-state index contributed by atoms with van der Waals surface area (Å²) in [6, 6.07) is 0.605. The number of thioether (sulfide) groups is 1. The zero-order valence-corrected chi connectivity index (χ0v) is 12.6. The van der Waals surface area contributed by atoms with Crippen LogP contribution < -0.4 is 5.32 Å². The molecule has 0 bridgehead atoms. The molecule has 1 aliphatic carbocycles. The Balaban J connectivity index is 1.98. The summed E-state index contributed by atoms with van der Waals surface area (Å²) in [6.45, 7) is 6.77. The number of nitrogens with zero attached hydrogens (tertiary/aromatic N) is 1. The van der Waals surface area contributed by atoms with E-state index in [-0.39, 0.29) is 0 Å². The maximum Gasteiger partial charge on any atom is 0.0338 e. The fourth-order valence-corrected chi connectivity index (χ4v) is 3.35. The topological polar surface area (TPSA) is 17.0 Å². The average molecular weight is 266 g/mol. The van der Waals surface area contributed by atoms with Crippen LogP contribution in [0.25, 0.3) is 0 Å². The highest BCUT2D eigenvalue weighted by Gasteiger charge is 2.21. The molecule has 0 aliphatic heterocycles. The first kappa shape index (κ1) is 14.0. The Bertz CT molecular complexity index is 359. The molecule has 1 N–H and O–H groups in total. The van der Waals surface area contributed by atoms with Gasteiger partial charge in [-0.1, -0.05) is 13.8 Å². The average Bonchev–Trinajstić information content (AvgIpc) is 2.80. The van der Waals surface area contributed by atoms with Crippen molar-refractivity contribution in [2.75, 3.05) is 18.1 Å². The van der Waals surface area contributed by atoms with Crippen LogP contribution in [0.5, 0.6) is 0 Å². The van der Waals surface area contributed by atoms with E-state index in [1.807, 2.05) is 11.8 Å². The molecule has 3 heteroatoms. The maximum atomic E-state index is 3.69. The van der Waals surface area contributed by atoms with Gasteiger partial charge in [0.15, 0.2) is 0 Å². The van der Waals surface area contributed by atoms with E-state index in [1.165, 1.54) is 37.2 Å². The normalized spacial score (nSPS) is 18.9. The standard InChI is InChI=1S/C15H26N2S/c1-3-8-16-15-7-5-6-13-11-17(12-14(13)15)9-10-18-4-2/h11-12,15-16H,3-10H2,1-2H3. The third kappa shape index (κ3) is 3.55. The van der Waals surface area contributed by atoms with Crippen LogP contribution in [0.3, 0.4) is 0 Å². The third-order valence-electron chi connectivity index (χ3n) is 3.65. The van der Waals surface area contributed by atoms with E-state index >= 15 is 0 Å². The second-order valence-corrected chi connectivity index (χ2v) is 6.47. The van der Waals surface area contributed by atoms with E-state index in [4.69, 9.17) is 0 Å². The zero-order chi connectivity index (χ0) is 12.8. The lowest BCUT2D eigenvalue weighted by molar-refractivity contribution is 0.462. The van der Waals surface area contributed by atoms with E-state index in [0.29, 0.717) is 6.04 Å². The quantitative estimate of drug-likeness (QED) is 0.759. The van der Waals surface area contributed by atoms with E-state index < -0.39 is 0 Å². The summed E-state index contributed by atoms with van der Waals surface area (Å²) in [4.78, 5) is 0. The Morgan fingerprint density at radius 2 is 2.28 bits per heavy atom. The molecule has 0 saturated carbocycles. The van der Waals surface area contributed by atoms with Crippen molar-refractivity contribution in [3.8, 4) is 0 Å². The Labute approximate surface area is 116 Å². The first-order valence-corrected chi connectivity index (χ1v) is 8.50. The lowest BCUT2D eigenvalue weighted by Gasteiger charge is -2.23. The van der Waals surface area contributed by atoms with Gasteiger partial charge in [-0.05, 0) is 49.1 Å². The monoisotopic (exact) mass is 266 g/mol. The Hall–Kier alpha value is -0.410. The molecule has 1 atom stereocenters. The van der Waals surface area contributed by atoms with Gasteiger partial charge in [0.1, 0.15) is 0 Å². The molecule has 1 aliphatic rings. The number of rotatable bonds is 7. The van der Waals surface area contributed by atoms with Gasteiger partial charge < -0.3 is 9.88 Å². The largest absolute Gasteiger partial charge is 0.353 e. The number of hydrogen-bond acceptors (Lipinski definition) is 2. The van der Waals surface area contributed by atoms with Crippen molar-refractivity contribution in [1.82, 2.24) is 9.88 Å². The summed E-state index contributed by atoms with van der Waals surface area (Å²) < 4.78 is 2.40. The smallest absolute Gasteiger partial charge is 0.0338 e. The molecule has 2 rings (SSSR count). The van der Waals surface area contributed by atoms with E-state index in [2.05, 4.69) is 36.1 Å². The summed E-state index contributed by atoms with van der Waals surface area (Å²) in [6.07, 6.45) is 9.90. The summed E-state index contributed by atoms with van der Waals surface area (Å²) in [5.74, 6) is 2.46. The molecule has 0 amide bonds. The number of aromatic nitrogens is 1. The van der Waals surface area contributed by atoms with Crippen LogP contribution in [0.2, 0.25) is 0 Å². The summed E-state index contributed by atoms with van der Waals surface area (Å²) >= 11 is 2.03. The molecule has 1 aromatic rings. The molecular weight excluding hydrogens is 240 g/mol. The van der Waals surface area contributed by atoms with Gasteiger partial charge in [0, 0.05) is 30.7 Å². The fourth-order valence-electron chi connectivity index (χ4n) is 2.72. The van der Waals surface area contributed by atoms with Crippen LogP contribution in [0, 0.1) is 0 Å². The third-order valence-corrected chi connectivity index (χ3v) is 4.53. The van der Waals surface area contributed by atoms with Crippen molar-refractivity contribution in [2.24, 2.45) is 0 Å². The number of fused-ring (bicyclic) bond motifs is 1. The molecule has 0 aromatic carbocycles. The van der Waals surface area contributed by atoms with E-state index in [0.717, 1.165) is 13.1 Å². The second kappa shape index (κ2) is 7.25. The van der Waals surface area contributed by atoms with Gasteiger partial charge in [-0.15, -0.1) is 0 Å². The van der Waals surface area contributed by atoms with Gasteiger partial charge in [0.25, 0.3) is 0 Å². The van der Waals surface area contributed by atoms with Crippen molar-refractivity contribution < 1.29 is 0 Å². The lowest BCUT2D eigenvalue weighted by Crippen LogP contribution is -2.24. The van der Waals surface area contributed by atoms with Crippen molar-refractivity contribution in [3.63, 3.8) is 0 Å². The van der Waals surface area contributed by atoms with Crippen molar-refractivity contribution >= 4 is 11.8 Å². The predicted molar refractivity (Wildman–Crippen MR) is 81.4 cm³/mol. The molecule has 2 nitrogen and oxygen atoms in total. The highest BCUT2D eigenvalue weighted by atomic mass is 32.2. The zero-order valence-electron chi connectivity index (χ0n) is 11.7. The molecule has 0 saturated heterocycles.